The second-order valence-electron chi connectivity index (χ2n) is 5.39. The number of hydrogen-bond acceptors (Lipinski definition) is 4. The summed E-state index contributed by atoms with van der Waals surface area (Å²) in [7, 11) is -3.13. The van der Waals surface area contributed by atoms with E-state index in [1.165, 1.54) is 6.26 Å². The number of rotatable bonds is 4. The number of nitrogens with one attached hydrogen (secondary N) is 1. The molecule has 0 saturated carbocycles. The van der Waals surface area contributed by atoms with Gasteiger partial charge in [-0.05, 0) is 19.4 Å². The van der Waals surface area contributed by atoms with Crippen LogP contribution < -0.4 is 5.32 Å². The van der Waals surface area contributed by atoms with E-state index < -0.39 is 9.84 Å². The molecule has 0 aliphatic carbocycles. The Hall–Kier alpha value is -1.40. The molecule has 1 aliphatic heterocycles. The summed E-state index contributed by atoms with van der Waals surface area (Å²) in [6, 6.07) is 8.93. The summed E-state index contributed by atoms with van der Waals surface area (Å²) >= 11 is 0. The van der Waals surface area contributed by atoms with E-state index >= 15 is 0 Å². The van der Waals surface area contributed by atoms with Gasteiger partial charge in [0.25, 0.3) is 0 Å². The average molecular weight is 296 g/mol. The first-order valence-electron chi connectivity index (χ1n) is 6.60. The molecule has 1 amide bonds. The Balaban J connectivity index is 2.29. The molecule has 1 N–H and O–H groups in total. The number of hydrogen-bond donors (Lipinski definition) is 1. The molecule has 1 saturated heterocycles. The summed E-state index contributed by atoms with van der Waals surface area (Å²) in [6.45, 7) is 3.57. The summed E-state index contributed by atoms with van der Waals surface area (Å²) in [5.74, 6) is -0.0915. The van der Waals surface area contributed by atoms with Crippen LogP contribution in [0, 0.1) is 0 Å². The maximum atomic E-state index is 12.3. The molecule has 3 unspecified atom stereocenters. The molecule has 0 radical (unpaired) electrons. The molecule has 1 aromatic carbocycles. The lowest BCUT2D eigenvalue weighted by atomic mass is 10.1. The Labute approximate surface area is 119 Å². The Bertz CT molecular complexity index is 586. The van der Waals surface area contributed by atoms with Crippen molar-refractivity contribution in [1.29, 1.82) is 0 Å². The maximum absolute atomic E-state index is 12.3. The lowest BCUT2D eigenvalue weighted by Crippen LogP contribution is -2.42. The second kappa shape index (κ2) is 5.54. The fraction of sp³-hybridized carbons (Fsp3) is 0.500. The van der Waals surface area contributed by atoms with Crippen molar-refractivity contribution in [1.82, 2.24) is 10.2 Å². The second-order valence-corrected chi connectivity index (χ2v) is 7.57. The molecule has 5 nitrogen and oxygen atoms in total. The summed E-state index contributed by atoms with van der Waals surface area (Å²) in [5.41, 5.74) is 0.963. The molecule has 6 heteroatoms. The van der Waals surface area contributed by atoms with Crippen LogP contribution in [0.25, 0.3) is 0 Å². The van der Waals surface area contributed by atoms with Crippen LogP contribution in [-0.2, 0) is 14.6 Å². The van der Waals surface area contributed by atoms with E-state index in [-0.39, 0.29) is 29.9 Å². The van der Waals surface area contributed by atoms with Gasteiger partial charge in [-0.15, -0.1) is 0 Å². The van der Waals surface area contributed by atoms with Crippen molar-refractivity contribution in [2.24, 2.45) is 0 Å². The molecular formula is C14H20N2O3S. The number of benzene rings is 1. The minimum absolute atomic E-state index is 0.0313. The fourth-order valence-corrected chi connectivity index (χ4v) is 3.66. The average Bonchev–Trinajstić information content (AvgIpc) is 2.65. The third-order valence-electron chi connectivity index (χ3n) is 3.45. The van der Waals surface area contributed by atoms with Gasteiger partial charge in [-0.2, -0.15) is 0 Å². The zero-order valence-corrected chi connectivity index (χ0v) is 12.7. The van der Waals surface area contributed by atoms with Crippen LogP contribution in [0.15, 0.2) is 30.3 Å². The first-order chi connectivity index (χ1) is 9.29. The SMILES string of the molecule is CC1NC(c2ccccc2)N(C(C)CS(C)(=O)=O)C1=O. The molecule has 110 valence electrons. The van der Waals surface area contributed by atoms with Crippen LogP contribution in [0.1, 0.15) is 25.6 Å². The molecule has 1 aliphatic rings. The first kappa shape index (κ1) is 15.0. The molecule has 20 heavy (non-hydrogen) atoms. The lowest BCUT2D eigenvalue weighted by molar-refractivity contribution is -0.131. The molecule has 0 aromatic heterocycles. The highest BCUT2D eigenvalue weighted by Crippen LogP contribution is 2.27. The van der Waals surface area contributed by atoms with Crippen molar-refractivity contribution in [3.8, 4) is 0 Å². The van der Waals surface area contributed by atoms with Crippen molar-refractivity contribution in [3.63, 3.8) is 0 Å². The summed E-state index contributed by atoms with van der Waals surface area (Å²) in [6.07, 6.45) is 0.925. The fourth-order valence-electron chi connectivity index (χ4n) is 2.62. The molecular weight excluding hydrogens is 276 g/mol. The largest absolute Gasteiger partial charge is 0.318 e. The summed E-state index contributed by atoms with van der Waals surface area (Å²) in [4.78, 5) is 13.9. The highest BCUT2D eigenvalue weighted by atomic mass is 32.2. The highest BCUT2D eigenvalue weighted by molar-refractivity contribution is 7.90. The Kier molecular flexibility index (Phi) is 4.15. The predicted molar refractivity (Wildman–Crippen MR) is 77.8 cm³/mol. The van der Waals surface area contributed by atoms with E-state index in [9.17, 15) is 13.2 Å². The first-order valence-corrected chi connectivity index (χ1v) is 8.66. The van der Waals surface area contributed by atoms with Gasteiger partial charge < -0.3 is 4.90 Å². The standard InChI is InChI=1S/C14H20N2O3S/c1-10(9-20(3,18)19)16-13(15-11(2)14(16)17)12-7-5-4-6-8-12/h4-8,10-11,13,15H,9H2,1-3H3. The zero-order valence-electron chi connectivity index (χ0n) is 11.9. The van der Waals surface area contributed by atoms with Crippen molar-refractivity contribution in [2.45, 2.75) is 32.1 Å². The van der Waals surface area contributed by atoms with E-state index in [2.05, 4.69) is 5.32 Å². The van der Waals surface area contributed by atoms with Crippen LogP contribution in [0.2, 0.25) is 0 Å². The van der Waals surface area contributed by atoms with Crippen molar-refractivity contribution < 1.29 is 13.2 Å². The van der Waals surface area contributed by atoms with Crippen molar-refractivity contribution in [3.05, 3.63) is 35.9 Å². The number of nitrogens with zero attached hydrogens (tertiary/aromatic N) is 1. The number of carbonyl (C=O) groups excluding carboxylic acids is 1. The van der Waals surface area contributed by atoms with E-state index in [0.29, 0.717) is 0 Å². The van der Waals surface area contributed by atoms with Gasteiger partial charge in [0.15, 0.2) is 0 Å². The van der Waals surface area contributed by atoms with Crippen molar-refractivity contribution >= 4 is 15.7 Å². The van der Waals surface area contributed by atoms with Crippen LogP contribution in [0.4, 0.5) is 0 Å². The number of amides is 1. The Morgan fingerprint density at radius 2 is 1.90 bits per heavy atom. The molecule has 0 spiro atoms. The van der Waals surface area contributed by atoms with Crippen LogP contribution >= 0.6 is 0 Å². The van der Waals surface area contributed by atoms with E-state index in [4.69, 9.17) is 0 Å². The Morgan fingerprint density at radius 1 is 1.30 bits per heavy atom. The molecule has 1 aromatic rings. The molecule has 2 rings (SSSR count). The van der Waals surface area contributed by atoms with Gasteiger partial charge in [0, 0.05) is 12.3 Å². The molecule has 0 bridgehead atoms. The van der Waals surface area contributed by atoms with Crippen LogP contribution in [0.3, 0.4) is 0 Å². The van der Waals surface area contributed by atoms with Gasteiger partial charge in [0.1, 0.15) is 16.0 Å². The van der Waals surface area contributed by atoms with E-state index in [0.717, 1.165) is 5.56 Å². The normalized spacial score (nSPS) is 24.9. The molecule has 3 atom stereocenters. The maximum Gasteiger partial charge on any atom is 0.241 e. The van der Waals surface area contributed by atoms with Crippen molar-refractivity contribution in [2.75, 3.05) is 12.0 Å². The quantitative estimate of drug-likeness (QED) is 0.898. The molecule has 1 heterocycles. The zero-order chi connectivity index (χ0) is 14.9. The van der Waals surface area contributed by atoms with Gasteiger partial charge in [-0.3, -0.25) is 10.1 Å². The minimum atomic E-state index is -3.13. The topological polar surface area (TPSA) is 66.5 Å². The molecule has 1 fully saturated rings. The van der Waals surface area contributed by atoms with Crippen LogP contribution in [-0.4, -0.2) is 43.3 Å². The van der Waals surface area contributed by atoms with Gasteiger partial charge in [-0.25, -0.2) is 8.42 Å². The monoisotopic (exact) mass is 296 g/mol. The number of carbonyl (C=O) groups is 1. The summed E-state index contributed by atoms with van der Waals surface area (Å²) in [5, 5.41) is 3.22. The smallest absolute Gasteiger partial charge is 0.241 e. The van der Waals surface area contributed by atoms with E-state index in [1.54, 1.807) is 18.7 Å². The van der Waals surface area contributed by atoms with Gasteiger partial charge in [0.05, 0.1) is 11.8 Å². The van der Waals surface area contributed by atoms with E-state index in [1.807, 2.05) is 30.3 Å². The van der Waals surface area contributed by atoms with Gasteiger partial charge in [0.2, 0.25) is 5.91 Å². The van der Waals surface area contributed by atoms with Crippen LogP contribution in [0.5, 0.6) is 0 Å². The van der Waals surface area contributed by atoms with Gasteiger partial charge >= 0.3 is 0 Å². The third-order valence-corrected chi connectivity index (χ3v) is 4.53. The third kappa shape index (κ3) is 3.19. The van der Waals surface area contributed by atoms with Gasteiger partial charge in [-0.1, -0.05) is 30.3 Å². The predicted octanol–water partition coefficient (Wildman–Crippen LogP) is 0.939. The minimum Gasteiger partial charge on any atom is -0.318 e. The summed E-state index contributed by atoms with van der Waals surface area (Å²) < 4.78 is 22.9. The highest BCUT2D eigenvalue weighted by Gasteiger charge is 2.40. The lowest BCUT2D eigenvalue weighted by Gasteiger charge is -2.30. The number of sulfone groups is 1. The Morgan fingerprint density at radius 3 is 2.45 bits per heavy atom.